The molecule has 0 rings (SSSR count). The maximum absolute atomic E-state index is 12.6. The molecule has 6 nitrogen and oxygen atoms in total. The number of rotatable bonds is 13. The first-order valence-electron chi connectivity index (χ1n) is 11.1. The molecule has 0 aromatic carbocycles. The second kappa shape index (κ2) is 14.2. The first-order valence-corrected chi connectivity index (χ1v) is 11.1. The molecule has 0 aromatic heterocycles. The SMILES string of the molecule is CC(C)CC(C)OC(=O)/C=C(\CC(=O)OC(C)CC(C)C)C(=O)OC(C)CC(C)C. The Morgan fingerprint density at radius 3 is 1.47 bits per heavy atom. The zero-order valence-corrected chi connectivity index (χ0v) is 20.3. The van der Waals surface area contributed by atoms with Crippen LogP contribution in [0.1, 0.15) is 88.0 Å². The summed E-state index contributed by atoms with van der Waals surface area (Å²) in [7, 11) is 0. The number of hydrogen-bond donors (Lipinski definition) is 0. The van der Waals surface area contributed by atoms with Crippen LogP contribution in [0, 0.1) is 17.8 Å². The highest BCUT2D eigenvalue weighted by Gasteiger charge is 2.23. The molecule has 0 radical (unpaired) electrons. The largest absolute Gasteiger partial charge is 0.462 e. The topological polar surface area (TPSA) is 78.9 Å². The van der Waals surface area contributed by atoms with Crippen molar-refractivity contribution in [2.45, 2.75) is 106 Å². The van der Waals surface area contributed by atoms with Crippen molar-refractivity contribution in [2.75, 3.05) is 0 Å². The summed E-state index contributed by atoms with van der Waals surface area (Å²) in [5.74, 6) is -0.813. The quantitative estimate of drug-likeness (QED) is 0.228. The zero-order valence-electron chi connectivity index (χ0n) is 20.3. The lowest BCUT2D eigenvalue weighted by Gasteiger charge is -2.18. The van der Waals surface area contributed by atoms with Crippen molar-refractivity contribution < 1.29 is 28.6 Å². The molecule has 0 aromatic rings. The Morgan fingerprint density at radius 2 is 1.03 bits per heavy atom. The van der Waals surface area contributed by atoms with Gasteiger partial charge in [-0.3, -0.25) is 4.79 Å². The lowest BCUT2D eigenvalue weighted by molar-refractivity contribution is -0.152. The minimum atomic E-state index is -0.690. The van der Waals surface area contributed by atoms with Crippen molar-refractivity contribution in [2.24, 2.45) is 17.8 Å². The van der Waals surface area contributed by atoms with Crippen molar-refractivity contribution in [1.82, 2.24) is 0 Å². The van der Waals surface area contributed by atoms with E-state index in [0.717, 1.165) is 12.5 Å². The summed E-state index contributed by atoms with van der Waals surface area (Å²) in [6.45, 7) is 17.6. The Labute approximate surface area is 182 Å². The van der Waals surface area contributed by atoms with Gasteiger partial charge in [-0.2, -0.15) is 0 Å². The highest BCUT2D eigenvalue weighted by atomic mass is 16.6. The van der Waals surface area contributed by atoms with Gasteiger partial charge in [0.15, 0.2) is 0 Å². The van der Waals surface area contributed by atoms with E-state index in [-0.39, 0.29) is 30.3 Å². The van der Waals surface area contributed by atoms with E-state index in [1.165, 1.54) is 0 Å². The molecular weight excluding hydrogens is 384 g/mol. The molecule has 0 aliphatic rings. The van der Waals surface area contributed by atoms with Crippen molar-refractivity contribution in [3.63, 3.8) is 0 Å². The molecule has 0 saturated carbocycles. The highest BCUT2D eigenvalue weighted by Crippen LogP contribution is 2.16. The number of carbonyl (C=O) groups excluding carboxylic acids is 3. The van der Waals surface area contributed by atoms with Crippen molar-refractivity contribution in [3.8, 4) is 0 Å². The second-order valence-corrected chi connectivity index (χ2v) is 9.50. The Bertz CT molecular complexity index is 576. The fourth-order valence-electron chi connectivity index (χ4n) is 3.37. The Balaban J connectivity index is 5.26. The number of esters is 3. The van der Waals surface area contributed by atoms with E-state index in [1.54, 1.807) is 13.8 Å². The van der Waals surface area contributed by atoms with E-state index >= 15 is 0 Å². The van der Waals surface area contributed by atoms with Gasteiger partial charge in [-0.15, -0.1) is 0 Å². The normalized spacial score (nSPS) is 15.1. The first kappa shape index (κ1) is 28.1. The Morgan fingerprint density at radius 1 is 0.633 bits per heavy atom. The van der Waals surface area contributed by atoms with E-state index in [4.69, 9.17) is 14.2 Å². The van der Waals surface area contributed by atoms with Crippen LogP contribution >= 0.6 is 0 Å². The molecule has 0 bridgehead atoms. The maximum Gasteiger partial charge on any atom is 0.335 e. The van der Waals surface area contributed by atoms with Gasteiger partial charge >= 0.3 is 17.9 Å². The van der Waals surface area contributed by atoms with Crippen molar-refractivity contribution in [3.05, 3.63) is 11.6 Å². The number of hydrogen-bond acceptors (Lipinski definition) is 6. The molecule has 0 spiro atoms. The van der Waals surface area contributed by atoms with Crippen LogP contribution in [-0.4, -0.2) is 36.2 Å². The molecule has 3 unspecified atom stereocenters. The molecule has 0 heterocycles. The van der Waals surface area contributed by atoms with Crippen LogP contribution in [0.15, 0.2) is 11.6 Å². The summed E-state index contributed by atoms with van der Waals surface area (Å²) < 4.78 is 16.2. The third kappa shape index (κ3) is 14.2. The third-order valence-corrected chi connectivity index (χ3v) is 4.26. The van der Waals surface area contributed by atoms with Crippen LogP contribution in [0.3, 0.4) is 0 Å². The van der Waals surface area contributed by atoms with E-state index in [0.29, 0.717) is 30.6 Å². The smallest absolute Gasteiger partial charge is 0.335 e. The van der Waals surface area contributed by atoms with Crippen molar-refractivity contribution >= 4 is 17.9 Å². The van der Waals surface area contributed by atoms with Gasteiger partial charge in [-0.05, 0) is 57.8 Å². The molecule has 30 heavy (non-hydrogen) atoms. The summed E-state index contributed by atoms with van der Waals surface area (Å²) >= 11 is 0. The second-order valence-electron chi connectivity index (χ2n) is 9.50. The van der Waals surface area contributed by atoms with Crippen LogP contribution in [-0.2, 0) is 28.6 Å². The fraction of sp³-hybridized carbons (Fsp3) is 0.792. The zero-order chi connectivity index (χ0) is 23.4. The lowest BCUT2D eigenvalue weighted by Crippen LogP contribution is -2.23. The minimum absolute atomic E-state index is 0.0471. The van der Waals surface area contributed by atoms with Crippen LogP contribution in [0.2, 0.25) is 0 Å². The molecular formula is C24H42O6. The predicted octanol–water partition coefficient (Wildman–Crippen LogP) is 5.24. The summed E-state index contributed by atoms with van der Waals surface area (Å²) in [5, 5.41) is 0. The minimum Gasteiger partial charge on any atom is -0.462 e. The average Bonchev–Trinajstić information content (AvgIpc) is 2.50. The van der Waals surface area contributed by atoms with E-state index in [1.807, 2.05) is 48.5 Å². The summed E-state index contributed by atoms with van der Waals surface area (Å²) in [4.78, 5) is 37.3. The third-order valence-electron chi connectivity index (χ3n) is 4.26. The van der Waals surface area contributed by atoms with E-state index in [9.17, 15) is 14.4 Å². The van der Waals surface area contributed by atoms with Crippen LogP contribution in [0.25, 0.3) is 0 Å². The summed E-state index contributed by atoms with van der Waals surface area (Å²) in [5.41, 5.74) is -0.0471. The molecule has 0 aliphatic heterocycles. The molecule has 0 amide bonds. The Kier molecular flexibility index (Phi) is 13.3. The highest BCUT2D eigenvalue weighted by molar-refractivity contribution is 5.99. The first-order chi connectivity index (χ1) is 13.8. The van der Waals surface area contributed by atoms with Gasteiger partial charge in [0.25, 0.3) is 0 Å². The summed E-state index contributed by atoms with van der Waals surface area (Å²) in [6.07, 6.45) is 1.96. The van der Waals surface area contributed by atoms with Gasteiger partial charge in [0.2, 0.25) is 0 Å². The molecule has 6 heteroatoms. The fourth-order valence-corrected chi connectivity index (χ4v) is 3.37. The molecule has 0 fully saturated rings. The van der Waals surface area contributed by atoms with Gasteiger partial charge in [-0.25, -0.2) is 9.59 Å². The van der Waals surface area contributed by atoms with E-state index < -0.39 is 17.9 Å². The number of carbonyl (C=O) groups is 3. The van der Waals surface area contributed by atoms with Crippen LogP contribution in [0.4, 0.5) is 0 Å². The van der Waals surface area contributed by atoms with Gasteiger partial charge in [0.1, 0.15) is 0 Å². The standard InChI is InChI=1S/C24H42O6/c1-15(2)10-18(7)28-22(25)13-21(24(27)30-20(9)12-17(5)6)14-23(26)29-19(8)11-16(3)4/h13,15-20H,10-12,14H2,1-9H3/b21-13+. The van der Waals surface area contributed by atoms with Crippen LogP contribution in [0.5, 0.6) is 0 Å². The molecule has 0 aliphatic carbocycles. The predicted molar refractivity (Wildman–Crippen MR) is 118 cm³/mol. The van der Waals surface area contributed by atoms with Crippen molar-refractivity contribution in [1.29, 1.82) is 0 Å². The van der Waals surface area contributed by atoms with Gasteiger partial charge in [0, 0.05) is 6.08 Å². The van der Waals surface area contributed by atoms with Gasteiger partial charge in [0.05, 0.1) is 30.3 Å². The van der Waals surface area contributed by atoms with Gasteiger partial charge < -0.3 is 14.2 Å². The molecule has 174 valence electrons. The Hall–Kier alpha value is -1.85. The van der Waals surface area contributed by atoms with E-state index in [2.05, 4.69) is 0 Å². The van der Waals surface area contributed by atoms with Gasteiger partial charge in [-0.1, -0.05) is 41.5 Å². The van der Waals surface area contributed by atoms with Crippen LogP contribution < -0.4 is 0 Å². The molecule has 0 N–H and O–H groups in total. The molecule has 3 atom stereocenters. The summed E-state index contributed by atoms with van der Waals surface area (Å²) in [6, 6.07) is 0. The number of ether oxygens (including phenoxy) is 3. The lowest BCUT2D eigenvalue weighted by atomic mass is 10.1. The maximum atomic E-state index is 12.6. The molecule has 0 saturated heterocycles. The monoisotopic (exact) mass is 426 g/mol. The average molecular weight is 427 g/mol.